The Labute approximate surface area is 371 Å². The molecule has 0 amide bonds. The quantitative estimate of drug-likeness (QED) is 0.173. The number of hydrogen-bond acceptors (Lipinski definition) is 4. The fraction of sp³-hybridized carbons (Fsp3) is 0. The van der Waals surface area contributed by atoms with E-state index in [1.54, 1.807) is 0 Å². The van der Waals surface area contributed by atoms with Crippen molar-refractivity contribution in [3.05, 3.63) is 212 Å². The number of benzene rings is 10. The highest BCUT2D eigenvalue weighted by atomic mass is 16.3. The van der Waals surface area contributed by atoms with Gasteiger partial charge in [-0.3, -0.25) is 0 Å². The van der Waals surface area contributed by atoms with Gasteiger partial charge in [-0.1, -0.05) is 146 Å². The van der Waals surface area contributed by atoms with Crippen molar-refractivity contribution in [3.63, 3.8) is 0 Å². The molecule has 14 aromatic rings. The van der Waals surface area contributed by atoms with Crippen LogP contribution in [0, 0.1) is 0 Å². The van der Waals surface area contributed by atoms with Gasteiger partial charge >= 0.3 is 0 Å². The van der Waals surface area contributed by atoms with Crippen molar-refractivity contribution in [1.29, 1.82) is 0 Å². The molecule has 0 aliphatic carbocycles. The molecule has 0 saturated heterocycles. The lowest BCUT2D eigenvalue weighted by molar-refractivity contribution is 0.669. The predicted molar refractivity (Wildman–Crippen MR) is 267 cm³/mol. The number of aromatic nitrogens is 5. The fourth-order valence-electron chi connectivity index (χ4n) is 10.1. The lowest BCUT2D eigenvalue weighted by atomic mass is 10.0. The molecule has 14 rings (SSSR count). The van der Waals surface area contributed by atoms with Crippen LogP contribution in [0.4, 0.5) is 0 Å². The van der Waals surface area contributed by atoms with Crippen LogP contribution in [0.1, 0.15) is 0 Å². The van der Waals surface area contributed by atoms with E-state index >= 15 is 0 Å². The van der Waals surface area contributed by atoms with Crippen LogP contribution in [0.2, 0.25) is 0 Å². The smallest absolute Gasteiger partial charge is 0.170 e. The third-order valence-corrected chi connectivity index (χ3v) is 13.1. The maximum Gasteiger partial charge on any atom is 0.170 e. The molecule has 0 radical (unpaired) electrons. The van der Waals surface area contributed by atoms with E-state index in [1.807, 2.05) is 30.3 Å². The summed E-state index contributed by atoms with van der Waals surface area (Å²) in [6, 6.07) is 75.0. The molecule has 0 aliphatic rings. The van der Waals surface area contributed by atoms with Crippen molar-refractivity contribution in [2.75, 3.05) is 0 Å². The molecule has 4 heterocycles. The van der Waals surface area contributed by atoms with Crippen molar-refractivity contribution in [2.24, 2.45) is 0 Å². The number of hydrogen-bond donors (Lipinski definition) is 0. The zero-order valence-corrected chi connectivity index (χ0v) is 34.9. The molecule has 4 aromatic heterocycles. The molecule has 6 heteroatoms. The highest BCUT2D eigenvalue weighted by molar-refractivity contribution is 6.18. The monoisotopic (exact) mass is 829 g/mol. The van der Waals surface area contributed by atoms with Gasteiger partial charge in [0.2, 0.25) is 0 Å². The van der Waals surface area contributed by atoms with Gasteiger partial charge in [-0.05, 0) is 88.3 Å². The van der Waals surface area contributed by atoms with Crippen LogP contribution in [-0.2, 0) is 0 Å². The normalized spacial score (nSPS) is 12.0. The molecule has 0 fully saturated rings. The zero-order chi connectivity index (χ0) is 42.6. The zero-order valence-electron chi connectivity index (χ0n) is 34.9. The maximum absolute atomic E-state index is 6.97. The second-order valence-electron chi connectivity index (χ2n) is 16.8. The van der Waals surface area contributed by atoms with Crippen molar-refractivity contribution in [2.45, 2.75) is 0 Å². The Morgan fingerprint density at radius 3 is 1.55 bits per heavy atom. The molecule has 302 valence electrons. The average Bonchev–Trinajstić information content (AvgIpc) is 4.02. The largest absolute Gasteiger partial charge is 0.455 e. The molecule has 6 nitrogen and oxygen atoms in total. The molecule has 0 aliphatic heterocycles. The first-order valence-corrected chi connectivity index (χ1v) is 21.9. The standard InChI is InChI=1S/C59H35N5O/c1-3-15-36(16-4-1)57-60-58(41-27-28-44-43-23-11-13-25-49(43)63(51(44)35-41)42-21-5-2-6-22-42)62-59(61-57)55-50(30-29-46-45-24-12-14-26-54(45)65-56(46)55)64-52-33-39-19-9-7-17-37(39)31-47(52)48-32-38-18-8-10-20-40(38)34-53(48)64/h1-35H. The highest BCUT2D eigenvalue weighted by Crippen LogP contribution is 2.44. The summed E-state index contributed by atoms with van der Waals surface area (Å²) in [6.45, 7) is 0. The second kappa shape index (κ2) is 13.8. The van der Waals surface area contributed by atoms with Crippen molar-refractivity contribution in [1.82, 2.24) is 24.1 Å². The minimum absolute atomic E-state index is 0.522. The molecule has 0 saturated carbocycles. The van der Waals surface area contributed by atoms with Crippen LogP contribution in [0.3, 0.4) is 0 Å². The summed E-state index contributed by atoms with van der Waals surface area (Å²) >= 11 is 0. The van der Waals surface area contributed by atoms with E-state index in [-0.39, 0.29) is 0 Å². The van der Waals surface area contributed by atoms with E-state index in [9.17, 15) is 0 Å². The Balaban J connectivity index is 1.10. The van der Waals surface area contributed by atoms with Crippen molar-refractivity contribution < 1.29 is 4.42 Å². The molecule has 10 aromatic carbocycles. The molecular weight excluding hydrogens is 795 g/mol. The number of furan rings is 1. The Morgan fingerprint density at radius 2 is 0.846 bits per heavy atom. The van der Waals surface area contributed by atoms with Gasteiger partial charge in [-0.25, -0.2) is 15.0 Å². The van der Waals surface area contributed by atoms with Crippen LogP contribution in [0.15, 0.2) is 217 Å². The number of fused-ring (bicyclic) bond motifs is 11. The topological polar surface area (TPSA) is 61.7 Å². The summed E-state index contributed by atoms with van der Waals surface area (Å²) in [5.74, 6) is 1.67. The second-order valence-corrected chi connectivity index (χ2v) is 16.8. The summed E-state index contributed by atoms with van der Waals surface area (Å²) in [5, 5.41) is 11.4. The van der Waals surface area contributed by atoms with Gasteiger partial charge in [0.15, 0.2) is 17.5 Å². The molecule has 0 unspecified atom stereocenters. The Hall–Kier alpha value is -8.87. The minimum atomic E-state index is 0.522. The van der Waals surface area contributed by atoms with Gasteiger partial charge in [-0.15, -0.1) is 0 Å². The van der Waals surface area contributed by atoms with Crippen LogP contribution < -0.4 is 0 Å². The summed E-state index contributed by atoms with van der Waals surface area (Å²) in [6.07, 6.45) is 0. The number of para-hydroxylation sites is 3. The number of rotatable bonds is 5. The van der Waals surface area contributed by atoms with E-state index < -0.39 is 0 Å². The molecular formula is C59H35N5O. The molecule has 0 bridgehead atoms. The van der Waals surface area contributed by atoms with Crippen molar-refractivity contribution in [3.8, 4) is 45.5 Å². The van der Waals surface area contributed by atoms with Crippen LogP contribution in [0.25, 0.3) is 133 Å². The molecule has 0 spiro atoms. The summed E-state index contributed by atoms with van der Waals surface area (Å²) in [4.78, 5) is 16.2. The molecule has 0 N–H and O–H groups in total. The Morgan fingerprint density at radius 1 is 0.323 bits per heavy atom. The number of nitrogens with zero attached hydrogens (tertiary/aromatic N) is 5. The van der Waals surface area contributed by atoms with Gasteiger partial charge in [0.25, 0.3) is 0 Å². The summed E-state index contributed by atoms with van der Waals surface area (Å²) in [7, 11) is 0. The third kappa shape index (κ3) is 5.44. The first kappa shape index (κ1) is 35.7. The molecule has 0 atom stereocenters. The Kier molecular flexibility index (Phi) is 7.59. The van der Waals surface area contributed by atoms with E-state index in [0.29, 0.717) is 17.5 Å². The minimum Gasteiger partial charge on any atom is -0.455 e. The SMILES string of the molecule is c1ccc(-c2nc(-c3ccc4c5ccccc5n(-c5ccccc5)c4c3)nc(-c3c(-n4c5cc6ccccc6cc5c5cc6ccccc6cc54)ccc4c3oc3ccccc34)n2)cc1. The highest BCUT2D eigenvalue weighted by Gasteiger charge is 2.25. The van der Waals surface area contributed by atoms with Gasteiger partial charge in [-0.2, -0.15) is 0 Å². The lowest BCUT2D eigenvalue weighted by Crippen LogP contribution is -2.04. The first-order valence-electron chi connectivity index (χ1n) is 21.9. The van der Waals surface area contributed by atoms with E-state index in [4.69, 9.17) is 19.4 Å². The van der Waals surface area contributed by atoms with Crippen LogP contribution in [0.5, 0.6) is 0 Å². The van der Waals surface area contributed by atoms with Crippen molar-refractivity contribution >= 4 is 87.1 Å². The van der Waals surface area contributed by atoms with Gasteiger partial charge in [0.05, 0.1) is 33.3 Å². The lowest BCUT2D eigenvalue weighted by Gasteiger charge is -2.16. The third-order valence-electron chi connectivity index (χ3n) is 13.1. The van der Waals surface area contributed by atoms with E-state index in [0.717, 1.165) is 88.2 Å². The van der Waals surface area contributed by atoms with E-state index in [1.165, 1.54) is 26.9 Å². The summed E-state index contributed by atoms with van der Waals surface area (Å²) in [5.41, 5.74) is 10.5. The maximum atomic E-state index is 6.97. The van der Waals surface area contributed by atoms with Crippen LogP contribution in [-0.4, -0.2) is 24.1 Å². The van der Waals surface area contributed by atoms with Gasteiger partial charge in [0, 0.05) is 49.1 Å². The molecule has 65 heavy (non-hydrogen) atoms. The van der Waals surface area contributed by atoms with Crippen LogP contribution >= 0.6 is 0 Å². The van der Waals surface area contributed by atoms with Gasteiger partial charge < -0.3 is 13.6 Å². The van der Waals surface area contributed by atoms with E-state index in [2.05, 4.69) is 191 Å². The Bertz CT molecular complexity index is 4150. The average molecular weight is 830 g/mol. The summed E-state index contributed by atoms with van der Waals surface area (Å²) < 4.78 is 11.7. The predicted octanol–water partition coefficient (Wildman–Crippen LogP) is 15.3. The van der Waals surface area contributed by atoms with Gasteiger partial charge in [0.1, 0.15) is 11.2 Å². The first-order chi connectivity index (χ1) is 32.2. The fourth-order valence-corrected chi connectivity index (χ4v) is 10.1.